The number of hydrogen-bond donors (Lipinski definition) is 0. The van der Waals surface area contributed by atoms with Crippen molar-refractivity contribution in [2.75, 3.05) is 27.7 Å². The summed E-state index contributed by atoms with van der Waals surface area (Å²) in [6, 6.07) is 0. The molecule has 0 bridgehead atoms. The van der Waals surface area contributed by atoms with E-state index in [2.05, 4.69) is 0 Å². The molecule has 0 saturated heterocycles. The molecule has 0 aliphatic rings. The predicted molar refractivity (Wildman–Crippen MR) is 68.9 cm³/mol. The van der Waals surface area contributed by atoms with Crippen molar-refractivity contribution in [3.8, 4) is 0 Å². The molecule has 0 amide bonds. The number of ether oxygens (including phenoxy) is 2. The zero-order valence-electron chi connectivity index (χ0n) is 12.4. The summed E-state index contributed by atoms with van der Waals surface area (Å²) in [4.78, 5) is 22.9. The molecule has 18 heavy (non-hydrogen) atoms. The average Bonchev–Trinajstić information content (AvgIpc) is 2.12. The fraction of sp³-hybridized carbons (Fsp3) is 0.846. The van der Waals surface area contributed by atoms with Crippen LogP contribution in [0, 0.1) is 0 Å². The number of nitrogens with zero attached hydrogens (tertiary/aromatic N) is 1. The third-order valence-electron chi connectivity index (χ3n) is 2.10. The first kappa shape index (κ1) is 16.9. The van der Waals surface area contributed by atoms with Crippen molar-refractivity contribution in [2.24, 2.45) is 0 Å². The minimum atomic E-state index is -0.427. The van der Waals surface area contributed by atoms with E-state index in [4.69, 9.17) is 9.47 Å². The van der Waals surface area contributed by atoms with Crippen LogP contribution in [0.1, 0.15) is 33.6 Å². The van der Waals surface area contributed by atoms with Crippen LogP contribution in [0.15, 0.2) is 0 Å². The van der Waals surface area contributed by atoms with Crippen LogP contribution in [-0.4, -0.2) is 56.3 Å². The number of quaternary nitrogens is 1. The molecule has 0 spiro atoms. The monoisotopic (exact) mass is 260 g/mol. The van der Waals surface area contributed by atoms with E-state index < -0.39 is 6.10 Å². The molecule has 0 N–H and O–H groups in total. The minimum Gasteiger partial charge on any atom is -0.463 e. The Kier molecular flexibility index (Phi) is 6.91. The van der Waals surface area contributed by atoms with Crippen LogP contribution in [0.4, 0.5) is 0 Å². The number of carbonyl (C=O) groups is 2. The van der Waals surface area contributed by atoms with Crippen molar-refractivity contribution in [3.63, 3.8) is 0 Å². The summed E-state index contributed by atoms with van der Waals surface area (Å²) < 4.78 is 11.0. The largest absolute Gasteiger partial charge is 0.463 e. The van der Waals surface area contributed by atoms with E-state index >= 15 is 0 Å². The second-order valence-electron chi connectivity index (χ2n) is 5.68. The van der Waals surface area contributed by atoms with Gasteiger partial charge in [-0.3, -0.25) is 9.59 Å². The van der Waals surface area contributed by atoms with Gasteiger partial charge in [0.25, 0.3) is 0 Å². The standard InChI is InChI=1S/C13H26NO4/c1-7-12(15)18-11(9-14(4,5)6)8-13(16)17-10(2)3/h10-11H,7-9H2,1-6H3/q+1/t11-/m1/s1. The summed E-state index contributed by atoms with van der Waals surface area (Å²) in [5.74, 6) is -0.613. The molecule has 0 unspecified atom stereocenters. The summed E-state index contributed by atoms with van der Waals surface area (Å²) >= 11 is 0. The number of rotatable bonds is 7. The lowest BCUT2D eigenvalue weighted by atomic mass is 10.2. The lowest BCUT2D eigenvalue weighted by Gasteiger charge is -2.28. The lowest BCUT2D eigenvalue weighted by molar-refractivity contribution is -0.873. The van der Waals surface area contributed by atoms with Crippen LogP contribution in [0.3, 0.4) is 0 Å². The Morgan fingerprint density at radius 1 is 1.06 bits per heavy atom. The molecule has 106 valence electrons. The lowest BCUT2D eigenvalue weighted by Crippen LogP contribution is -2.44. The average molecular weight is 260 g/mol. The second-order valence-corrected chi connectivity index (χ2v) is 5.68. The molecule has 0 aromatic rings. The normalized spacial score (nSPS) is 13.3. The summed E-state index contributed by atoms with van der Waals surface area (Å²) in [6.07, 6.45) is -0.153. The Labute approximate surface area is 110 Å². The predicted octanol–water partition coefficient (Wildman–Crippen LogP) is 1.36. The Morgan fingerprint density at radius 3 is 2.00 bits per heavy atom. The summed E-state index contributed by atoms with van der Waals surface area (Å²) in [6.45, 7) is 5.91. The Hall–Kier alpha value is -1.10. The Balaban J connectivity index is 4.46. The SMILES string of the molecule is CCC(=O)O[C@H](CC(=O)OC(C)C)C[N+](C)(C)C. The van der Waals surface area contributed by atoms with Gasteiger partial charge in [-0.1, -0.05) is 6.92 Å². The van der Waals surface area contributed by atoms with Crippen molar-refractivity contribution >= 4 is 11.9 Å². The number of likely N-dealkylation sites (N-methyl/N-ethyl adjacent to an activating group) is 1. The Bertz CT molecular complexity index is 281. The number of carbonyl (C=O) groups excluding carboxylic acids is 2. The molecule has 0 radical (unpaired) electrons. The maximum Gasteiger partial charge on any atom is 0.310 e. The first-order valence-corrected chi connectivity index (χ1v) is 6.33. The third kappa shape index (κ3) is 8.98. The second kappa shape index (κ2) is 7.36. The fourth-order valence-corrected chi connectivity index (χ4v) is 1.52. The molecule has 0 fully saturated rings. The van der Waals surface area contributed by atoms with E-state index in [1.165, 1.54) is 0 Å². The van der Waals surface area contributed by atoms with Crippen molar-refractivity contribution in [2.45, 2.75) is 45.8 Å². The highest BCUT2D eigenvalue weighted by molar-refractivity contribution is 5.72. The zero-order chi connectivity index (χ0) is 14.3. The highest BCUT2D eigenvalue weighted by atomic mass is 16.6. The third-order valence-corrected chi connectivity index (χ3v) is 2.10. The van der Waals surface area contributed by atoms with Crippen LogP contribution in [0.25, 0.3) is 0 Å². The van der Waals surface area contributed by atoms with Gasteiger partial charge >= 0.3 is 11.9 Å². The molecule has 0 aliphatic heterocycles. The van der Waals surface area contributed by atoms with Crippen molar-refractivity contribution in [3.05, 3.63) is 0 Å². The molecule has 0 heterocycles. The van der Waals surface area contributed by atoms with Gasteiger partial charge in [-0.05, 0) is 13.8 Å². The molecule has 0 rings (SSSR count). The first-order valence-electron chi connectivity index (χ1n) is 6.33. The van der Waals surface area contributed by atoms with Gasteiger partial charge in [-0.15, -0.1) is 0 Å². The fourth-order valence-electron chi connectivity index (χ4n) is 1.52. The van der Waals surface area contributed by atoms with Crippen LogP contribution >= 0.6 is 0 Å². The van der Waals surface area contributed by atoms with Crippen LogP contribution in [0.2, 0.25) is 0 Å². The highest BCUT2D eigenvalue weighted by Crippen LogP contribution is 2.08. The molecule has 0 saturated carbocycles. The van der Waals surface area contributed by atoms with Crippen molar-refractivity contribution in [1.82, 2.24) is 0 Å². The molecular formula is C13H26NO4+. The summed E-state index contributed by atoms with van der Waals surface area (Å²) in [5, 5.41) is 0. The summed E-state index contributed by atoms with van der Waals surface area (Å²) in [5.41, 5.74) is 0. The van der Waals surface area contributed by atoms with E-state index in [9.17, 15) is 9.59 Å². The van der Waals surface area contributed by atoms with Gasteiger partial charge in [0.2, 0.25) is 0 Å². The number of hydrogen-bond acceptors (Lipinski definition) is 4. The molecule has 0 aromatic heterocycles. The molecule has 5 nitrogen and oxygen atoms in total. The van der Waals surface area contributed by atoms with Gasteiger partial charge < -0.3 is 14.0 Å². The van der Waals surface area contributed by atoms with Gasteiger partial charge in [-0.25, -0.2) is 0 Å². The van der Waals surface area contributed by atoms with Crippen LogP contribution in [0.5, 0.6) is 0 Å². The van der Waals surface area contributed by atoms with Gasteiger partial charge in [0.15, 0.2) is 6.10 Å². The van der Waals surface area contributed by atoms with Gasteiger partial charge in [0, 0.05) is 6.42 Å². The summed E-state index contributed by atoms with van der Waals surface area (Å²) in [7, 11) is 5.96. The molecule has 5 heteroatoms. The first-order chi connectivity index (χ1) is 8.14. The van der Waals surface area contributed by atoms with Gasteiger partial charge in [0.05, 0.1) is 33.7 Å². The molecule has 1 atom stereocenters. The Morgan fingerprint density at radius 2 is 1.61 bits per heavy atom. The smallest absolute Gasteiger partial charge is 0.310 e. The van der Waals surface area contributed by atoms with E-state index in [1.807, 2.05) is 21.1 Å². The molecular weight excluding hydrogens is 234 g/mol. The van der Waals surface area contributed by atoms with E-state index in [1.54, 1.807) is 20.8 Å². The quantitative estimate of drug-likeness (QED) is 0.512. The zero-order valence-corrected chi connectivity index (χ0v) is 12.4. The maximum atomic E-state index is 11.6. The van der Waals surface area contributed by atoms with Gasteiger partial charge in [-0.2, -0.15) is 0 Å². The van der Waals surface area contributed by atoms with Crippen molar-refractivity contribution in [1.29, 1.82) is 0 Å². The topological polar surface area (TPSA) is 52.6 Å². The van der Waals surface area contributed by atoms with E-state index in [0.717, 1.165) is 0 Å². The van der Waals surface area contributed by atoms with E-state index in [0.29, 0.717) is 17.4 Å². The highest BCUT2D eigenvalue weighted by Gasteiger charge is 2.25. The van der Waals surface area contributed by atoms with Crippen LogP contribution in [-0.2, 0) is 19.1 Å². The number of esters is 2. The maximum absolute atomic E-state index is 11.6. The minimum absolute atomic E-state index is 0.111. The molecule has 0 aromatic carbocycles. The van der Waals surface area contributed by atoms with Crippen molar-refractivity contribution < 1.29 is 23.5 Å². The van der Waals surface area contributed by atoms with Gasteiger partial charge in [0.1, 0.15) is 6.54 Å². The van der Waals surface area contributed by atoms with E-state index in [-0.39, 0.29) is 24.5 Å². The molecule has 0 aliphatic carbocycles. The van der Waals surface area contributed by atoms with Crippen LogP contribution < -0.4 is 0 Å².